The van der Waals surface area contributed by atoms with Gasteiger partial charge in [0.15, 0.2) is 0 Å². The minimum Gasteiger partial charge on any atom is -0.466 e. The summed E-state index contributed by atoms with van der Waals surface area (Å²) in [5, 5.41) is 11.1. The van der Waals surface area contributed by atoms with Gasteiger partial charge in [0.05, 0.1) is 23.5 Å². The quantitative estimate of drug-likeness (QED) is 0.486. The van der Waals surface area contributed by atoms with Crippen LogP contribution in [0.25, 0.3) is 0 Å². The molecule has 1 aromatic rings. The monoisotopic (exact) mass is 310 g/mol. The van der Waals surface area contributed by atoms with Crippen LogP contribution >= 0.6 is 0 Å². The second-order valence-corrected chi connectivity index (χ2v) is 5.36. The third-order valence-electron chi connectivity index (χ3n) is 3.91. The molecule has 0 spiro atoms. The van der Waals surface area contributed by atoms with Crippen molar-refractivity contribution in [1.29, 1.82) is 0 Å². The van der Waals surface area contributed by atoms with Crippen molar-refractivity contribution in [2.45, 2.75) is 26.7 Å². The van der Waals surface area contributed by atoms with Crippen LogP contribution in [0.4, 0.5) is 15.8 Å². The van der Waals surface area contributed by atoms with Crippen LogP contribution in [0, 0.1) is 28.8 Å². The fourth-order valence-electron chi connectivity index (χ4n) is 2.67. The third kappa shape index (κ3) is 3.35. The van der Waals surface area contributed by atoms with E-state index in [1.165, 1.54) is 6.07 Å². The fourth-order valence-corrected chi connectivity index (χ4v) is 2.67. The first-order valence-electron chi connectivity index (χ1n) is 7.30. The van der Waals surface area contributed by atoms with E-state index in [0.717, 1.165) is 6.07 Å². The summed E-state index contributed by atoms with van der Waals surface area (Å²) in [5.74, 6) is -0.972. The van der Waals surface area contributed by atoms with Gasteiger partial charge in [-0.2, -0.15) is 0 Å². The molecule has 0 saturated carbocycles. The van der Waals surface area contributed by atoms with E-state index in [0.29, 0.717) is 43.8 Å². The van der Waals surface area contributed by atoms with Crippen molar-refractivity contribution in [2.75, 3.05) is 24.6 Å². The van der Waals surface area contributed by atoms with Crippen molar-refractivity contribution in [3.8, 4) is 0 Å². The zero-order chi connectivity index (χ0) is 16.3. The Hall–Kier alpha value is -2.18. The van der Waals surface area contributed by atoms with Gasteiger partial charge in [0.2, 0.25) is 0 Å². The zero-order valence-electron chi connectivity index (χ0n) is 12.7. The van der Waals surface area contributed by atoms with Gasteiger partial charge in [0.25, 0.3) is 5.69 Å². The summed E-state index contributed by atoms with van der Waals surface area (Å²) in [6.45, 7) is 4.71. The molecule has 120 valence electrons. The SMILES string of the molecule is CCOC(=O)C1CCN(c2cc(C)c(F)cc2[N+](=O)[O-])CC1. The molecule has 1 saturated heterocycles. The van der Waals surface area contributed by atoms with Gasteiger partial charge in [-0.3, -0.25) is 14.9 Å². The molecule has 0 radical (unpaired) electrons. The van der Waals surface area contributed by atoms with Crippen molar-refractivity contribution in [3.05, 3.63) is 33.6 Å². The molecule has 0 aromatic heterocycles. The van der Waals surface area contributed by atoms with Gasteiger partial charge < -0.3 is 9.64 Å². The van der Waals surface area contributed by atoms with E-state index in [9.17, 15) is 19.3 Å². The molecule has 1 aromatic carbocycles. The van der Waals surface area contributed by atoms with E-state index in [4.69, 9.17) is 4.74 Å². The van der Waals surface area contributed by atoms with Crippen molar-refractivity contribution in [1.82, 2.24) is 0 Å². The Morgan fingerprint density at radius 2 is 2.09 bits per heavy atom. The number of rotatable bonds is 4. The number of aryl methyl sites for hydroxylation is 1. The fraction of sp³-hybridized carbons (Fsp3) is 0.533. The number of carbonyl (C=O) groups is 1. The number of nitro groups is 1. The highest BCUT2D eigenvalue weighted by Crippen LogP contribution is 2.33. The van der Waals surface area contributed by atoms with E-state index < -0.39 is 10.7 Å². The third-order valence-corrected chi connectivity index (χ3v) is 3.91. The highest BCUT2D eigenvalue weighted by atomic mass is 19.1. The van der Waals surface area contributed by atoms with Gasteiger partial charge >= 0.3 is 5.97 Å². The molecule has 6 nitrogen and oxygen atoms in total. The van der Waals surface area contributed by atoms with E-state index in [-0.39, 0.29) is 17.6 Å². The number of halogens is 1. The Labute approximate surface area is 128 Å². The maximum atomic E-state index is 13.6. The molecule has 1 aliphatic heterocycles. The van der Waals surface area contributed by atoms with Crippen LogP contribution in [0.15, 0.2) is 12.1 Å². The first-order chi connectivity index (χ1) is 10.4. The van der Waals surface area contributed by atoms with Crippen molar-refractivity contribution < 1.29 is 18.8 Å². The largest absolute Gasteiger partial charge is 0.466 e. The first-order valence-corrected chi connectivity index (χ1v) is 7.30. The Morgan fingerprint density at radius 3 is 2.64 bits per heavy atom. The Morgan fingerprint density at radius 1 is 1.45 bits per heavy atom. The lowest BCUT2D eigenvalue weighted by atomic mass is 9.96. The summed E-state index contributed by atoms with van der Waals surface area (Å²) in [6, 6.07) is 2.46. The Kier molecular flexibility index (Phi) is 4.95. The van der Waals surface area contributed by atoms with Crippen LogP contribution in [0.5, 0.6) is 0 Å². The predicted octanol–water partition coefficient (Wildman–Crippen LogP) is 2.82. The van der Waals surface area contributed by atoms with Gasteiger partial charge in [-0.05, 0) is 38.3 Å². The Bertz CT molecular complexity index is 583. The molecule has 0 bridgehead atoms. The molecule has 0 N–H and O–H groups in total. The number of piperidine rings is 1. The van der Waals surface area contributed by atoms with Crippen molar-refractivity contribution >= 4 is 17.3 Å². The molecule has 2 rings (SSSR count). The summed E-state index contributed by atoms with van der Waals surface area (Å²) in [6.07, 6.45) is 1.15. The molecule has 1 heterocycles. The second-order valence-electron chi connectivity index (χ2n) is 5.36. The van der Waals surface area contributed by atoms with Crippen molar-refractivity contribution in [2.24, 2.45) is 5.92 Å². The summed E-state index contributed by atoms with van der Waals surface area (Å²) >= 11 is 0. The lowest BCUT2D eigenvalue weighted by molar-refractivity contribution is -0.384. The number of nitrogens with zero attached hydrogens (tertiary/aromatic N) is 2. The average Bonchev–Trinajstić information content (AvgIpc) is 2.50. The van der Waals surface area contributed by atoms with Gasteiger partial charge in [0, 0.05) is 13.1 Å². The van der Waals surface area contributed by atoms with Crippen LogP contribution < -0.4 is 4.90 Å². The number of anilines is 1. The summed E-state index contributed by atoms with van der Waals surface area (Å²) in [4.78, 5) is 24.1. The molecular weight excluding hydrogens is 291 g/mol. The lowest BCUT2D eigenvalue weighted by Gasteiger charge is -2.32. The van der Waals surface area contributed by atoms with Crippen LogP contribution in [-0.4, -0.2) is 30.6 Å². The second kappa shape index (κ2) is 6.72. The minimum atomic E-state index is -0.586. The maximum absolute atomic E-state index is 13.6. The number of carbonyl (C=O) groups excluding carboxylic acids is 1. The van der Waals surface area contributed by atoms with Crippen LogP contribution in [0.2, 0.25) is 0 Å². The number of nitro benzene ring substituents is 1. The van der Waals surface area contributed by atoms with Crippen LogP contribution in [-0.2, 0) is 9.53 Å². The van der Waals surface area contributed by atoms with Crippen molar-refractivity contribution in [3.63, 3.8) is 0 Å². The number of esters is 1. The van der Waals surface area contributed by atoms with E-state index in [1.807, 2.05) is 4.90 Å². The maximum Gasteiger partial charge on any atom is 0.309 e. The molecule has 22 heavy (non-hydrogen) atoms. The molecule has 0 atom stereocenters. The molecular formula is C15H19FN2O4. The average molecular weight is 310 g/mol. The molecule has 0 amide bonds. The highest BCUT2D eigenvalue weighted by Gasteiger charge is 2.29. The number of hydrogen-bond acceptors (Lipinski definition) is 5. The predicted molar refractivity (Wildman–Crippen MR) is 79.4 cm³/mol. The number of hydrogen-bond donors (Lipinski definition) is 0. The van der Waals surface area contributed by atoms with Gasteiger partial charge in [-0.25, -0.2) is 4.39 Å². The van der Waals surface area contributed by atoms with E-state index in [1.54, 1.807) is 13.8 Å². The smallest absolute Gasteiger partial charge is 0.309 e. The summed E-state index contributed by atoms with van der Waals surface area (Å²) in [5.41, 5.74) is 0.539. The number of benzene rings is 1. The first kappa shape index (κ1) is 16.2. The standard InChI is InChI=1S/C15H19FN2O4/c1-3-22-15(19)11-4-6-17(7-5-11)13-8-10(2)12(16)9-14(13)18(20)21/h8-9,11H,3-7H2,1-2H3. The zero-order valence-corrected chi connectivity index (χ0v) is 12.7. The molecule has 0 aliphatic carbocycles. The van der Waals surface area contributed by atoms with E-state index in [2.05, 4.69) is 0 Å². The lowest BCUT2D eigenvalue weighted by Crippen LogP contribution is -2.37. The molecule has 7 heteroatoms. The molecule has 0 unspecified atom stereocenters. The summed E-state index contributed by atoms with van der Waals surface area (Å²) in [7, 11) is 0. The normalized spacial score (nSPS) is 15.7. The number of ether oxygens (including phenoxy) is 1. The van der Waals surface area contributed by atoms with Crippen LogP contribution in [0.1, 0.15) is 25.3 Å². The highest BCUT2D eigenvalue weighted by molar-refractivity contribution is 5.73. The van der Waals surface area contributed by atoms with Gasteiger partial charge in [0.1, 0.15) is 11.5 Å². The van der Waals surface area contributed by atoms with E-state index >= 15 is 0 Å². The van der Waals surface area contributed by atoms with Gasteiger partial charge in [-0.15, -0.1) is 0 Å². The molecule has 1 fully saturated rings. The topological polar surface area (TPSA) is 72.7 Å². The molecule has 1 aliphatic rings. The Balaban J connectivity index is 2.16. The van der Waals surface area contributed by atoms with Gasteiger partial charge in [-0.1, -0.05) is 0 Å². The van der Waals surface area contributed by atoms with Crippen LogP contribution in [0.3, 0.4) is 0 Å². The minimum absolute atomic E-state index is 0.170. The summed E-state index contributed by atoms with van der Waals surface area (Å²) < 4.78 is 18.6.